The van der Waals surface area contributed by atoms with Crippen LogP contribution in [0.1, 0.15) is 17.3 Å². The van der Waals surface area contributed by atoms with E-state index >= 15 is 0 Å². The van der Waals surface area contributed by atoms with Gasteiger partial charge < -0.3 is 9.47 Å². The van der Waals surface area contributed by atoms with E-state index in [2.05, 4.69) is 0 Å². The Morgan fingerprint density at radius 3 is 2.75 bits per heavy atom. The van der Waals surface area contributed by atoms with E-state index in [1.165, 1.54) is 0 Å². The molecule has 2 heterocycles. The van der Waals surface area contributed by atoms with Gasteiger partial charge in [-0.1, -0.05) is 30.3 Å². The molecule has 1 aromatic rings. The van der Waals surface area contributed by atoms with Gasteiger partial charge in [0.15, 0.2) is 17.8 Å². The van der Waals surface area contributed by atoms with Gasteiger partial charge in [-0.25, -0.2) is 0 Å². The van der Waals surface area contributed by atoms with E-state index in [9.17, 15) is 9.59 Å². The van der Waals surface area contributed by atoms with Crippen LogP contribution >= 0.6 is 0 Å². The van der Waals surface area contributed by atoms with Gasteiger partial charge in [0.2, 0.25) is 0 Å². The first-order valence-electron chi connectivity index (χ1n) is 6.47. The number of allylic oxidation sites excluding steroid dienone is 2. The molecule has 0 fully saturated rings. The van der Waals surface area contributed by atoms with Crippen LogP contribution in [0.2, 0.25) is 0 Å². The molecule has 0 N–H and O–H groups in total. The highest BCUT2D eigenvalue weighted by atomic mass is 16.5. The third-order valence-corrected chi connectivity index (χ3v) is 3.60. The highest BCUT2D eigenvalue weighted by molar-refractivity contribution is 6.10. The lowest BCUT2D eigenvalue weighted by Crippen LogP contribution is -2.29. The molecule has 0 saturated heterocycles. The molecule has 20 heavy (non-hydrogen) atoms. The normalized spacial score (nSPS) is 24.4. The number of rotatable bonds is 3. The average molecular weight is 270 g/mol. The number of Topliss-reactive ketones (excluding diaryl/α,β-unsaturated/α-hetero) is 1. The molecule has 0 radical (unpaired) electrons. The van der Waals surface area contributed by atoms with Crippen LogP contribution < -0.4 is 0 Å². The SMILES string of the molecule is CC1=C(C(=O)c2ccccc2)[C@@H]2C=C(C=O)OC[C@@H]2O1. The van der Waals surface area contributed by atoms with E-state index in [0.717, 1.165) is 0 Å². The number of carbonyl (C=O) groups is 2. The Hall–Kier alpha value is -2.36. The third-order valence-electron chi connectivity index (χ3n) is 3.60. The summed E-state index contributed by atoms with van der Waals surface area (Å²) in [7, 11) is 0. The number of fused-ring (bicyclic) bond motifs is 1. The van der Waals surface area contributed by atoms with Crippen molar-refractivity contribution in [3.63, 3.8) is 0 Å². The summed E-state index contributed by atoms with van der Waals surface area (Å²) in [5.74, 6) is 0.611. The number of aldehydes is 1. The van der Waals surface area contributed by atoms with Gasteiger partial charge in [-0.3, -0.25) is 9.59 Å². The Balaban J connectivity index is 1.97. The first-order valence-corrected chi connectivity index (χ1v) is 6.47. The van der Waals surface area contributed by atoms with Crippen molar-refractivity contribution >= 4 is 12.1 Å². The fourth-order valence-corrected chi connectivity index (χ4v) is 2.65. The van der Waals surface area contributed by atoms with Crippen molar-refractivity contribution in [2.24, 2.45) is 5.92 Å². The van der Waals surface area contributed by atoms with Gasteiger partial charge in [-0.15, -0.1) is 0 Å². The quantitative estimate of drug-likeness (QED) is 0.624. The molecule has 0 saturated carbocycles. The monoisotopic (exact) mass is 270 g/mol. The summed E-state index contributed by atoms with van der Waals surface area (Å²) in [4.78, 5) is 23.5. The van der Waals surface area contributed by atoms with Gasteiger partial charge in [-0.2, -0.15) is 0 Å². The summed E-state index contributed by atoms with van der Waals surface area (Å²) < 4.78 is 10.9. The molecule has 0 aliphatic carbocycles. The molecule has 102 valence electrons. The number of hydrogen-bond acceptors (Lipinski definition) is 4. The van der Waals surface area contributed by atoms with Gasteiger partial charge in [0, 0.05) is 11.1 Å². The van der Waals surface area contributed by atoms with Gasteiger partial charge in [-0.05, 0) is 13.0 Å². The zero-order chi connectivity index (χ0) is 14.1. The predicted molar refractivity (Wildman–Crippen MR) is 71.9 cm³/mol. The van der Waals surface area contributed by atoms with Gasteiger partial charge >= 0.3 is 0 Å². The molecular formula is C16H14O4. The van der Waals surface area contributed by atoms with Crippen LogP contribution in [0.25, 0.3) is 0 Å². The number of carbonyl (C=O) groups excluding carboxylic acids is 2. The van der Waals surface area contributed by atoms with E-state index in [4.69, 9.17) is 9.47 Å². The molecule has 2 atom stereocenters. The molecule has 0 aromatic heterocycles. The van der Waals surface area contributed by atoms with E-state index in [1.54, 1.807) is 25.1 Å². The Bertz CT molecular complexity index is 613. The summed E-state index contributed by atoms with van der Waals surface area (Å²) in [6, 6.07) is 9.07. The molecule has 4 nitrogen and oxygen atoms in total. The molecule has 3 rings (SSSR count). The van der Waals surface area contributed by atoms with E-state index in [1.807, 2.05) is 18.2 Å². The van der Waals surface area contributed by atoms with Crippen LogP contribution in [0.3, 0.4) is 0 Å². The summed E-state index contributed by atoms with van der Waals surface area (Å²) in [6.45, 7) is 2.07. The number of ether oxygens (including phenoxy) is 2. The van der Waals surface area contributed by atoms with Crippen LogP contribution in [0, 0.1) is 5.92 Å². The second kappa shape index (κ2) is 4.96. The molecule has 0 unspecified atom stereocenters. The lowest BCUT2D eigenvalue weighted by molar-refractivity contribution is -0.109. The summed E-state index contributed by atoms with van der Waals surface area (Å²) in [5, 5.41) is 0. The first-order chi connectivity index (χ1) is 9.70. The third kappa shape index (κ3) is 2.03. The fraction of sp³-hybridized carbons (Fsp3) is 0.250. The first kappa shape index (κ1) is 12.7. The minimum atomic E-state index is -0.221. The van der Waals surface area contributed by atoms with E-state index in [-0.39, 0.29) is 30.2 Å². The standard InChI is InChI=1S/C16H14O4/c1-10-15(16(18)11-5-3-2-4-6-11)13-7-12(8-17)19-9-14(13)20-10/h2-8,13-14H,9H2,1H3/t13-,14+/m1/s1. The average Bonchev–Trinajstić information content (AvgIpc) is 2.82. The van der Waals surface area contributed by atoms with E-state index < -0.39 is 0 Å². The minimum Gasteiger partial charge on any atom is -0.490 e. The fourth-order valence-electron chi connectivity index (χ4n) is 2.65. The smallest absolute Gasteiger partial charge is 0.193 e. The lowest BCUT2D eigenvalue weighted by Gasteiger charge is -2.23. The highest BCUT2D eigenvalue weighted by Crippen LogP contribution is 2.37. The summed E-state index contributed by atoms with van der Waals surface area (Å²) in [5.41, 5.74) is 1.24. The van der Waals surface area contributed by atoms with Gasteiger partial charge in [0.1, 0.15) is 18.5 Å². The van der Waals surface area contributed by atoms with Crippen LogP contribution in [-0.2, 0) is 14.3 Å². The van der Waals surface area contributed by atoms with Crippen molar-refractivity contribution in [2.75, 3.05) is 6.61 Å². The maximum atomic E-state index is 12.6. The molecule has 0 spiro atoms. The molecule has 4 heteroatoms. The molecule has 2 aliphatic rings. The molecule has 2 aliphatic heterocycles. The van der Waals surface area contributed by atoms with Crippen molar-refractivity contribution in [1.82, 2.24) is 0 Å². The molecule has 1 aromatic carbocycles. The van der Waals surface area contributed by atoms with Crippen molar-refractivity contribution in [1.29, 1.82) is 0 Å². The molecule has 0 bridgehead atoms. The Kier molecular flexibility index (Phi) is 3.14. The van der Waals surface area contributed by atoms with Gasteiger partial charge in [0.25, 0.3) is 0 Å². The maximum absolute atomic E-state index is 12.6. The van der Waals surface area contributed by atoms with Crippen molar-refractivity contribution in [2.45, 2.75) is 13.0 Å². The zero-order valence-corrected chi connectivity index (χ0v) is 11.0. The highest BCUT2D eigenvalue weighted by Gasteiger charge is 2.40. The van der Waals surface area contributed by atoms with Crippen molar-refractivity contribution in [3.05, 3.63) is 59.1 Å². The largest absolute Gasteiger partial charge is 0.490 e. The molecule has 0 amide bonds. The minimum absolute atomic E-state index is 0.0565. The summed E-state index contributed by atoms with van der Waals surface area (Å²) >= 11 is 0. The lowest BCUT2D eigenvalue weighted by atomic mass is 9.87. The summed E-state index contributed by atoms with van der Waals surface area (Å²) in [6.07, 6.45) is 2.11. The number of ketones is 1. The predicted octanol–water partition coefficient (Wildman–Crippen LogP) is 2.27. The number of hydrogen-bond donors (Lipinski definition) is 0. The Morgan fingerprint density at radius 2 is 2.05 bits per heavy atom. The second-order valence-corrected chi connectivity index (χ2v) is 4.84. The second-order valence-electron chi connectivity index (χ2n) is 4.84. The van der Waals surface area contributed by atoms with Crippen molar-refractivity contribution < 1.29 is 19.1 Å². The van der Waals surface area contributed by atoms with Crippen LogP contribution in [0.15, 0.2) is 53.5 Å². The van der Waals surface area contributed by atoms with Crippen LogP contribution in [0.4, 0.5) is 0 Å². The zero-order valence-electron chi connectivity index (χ0n) is 11.0. The van der Waals surface area contributed by atoms with Crippen molar-refractivity contribution in [3.8, 4) is 0 Å². The van der Waals surface area contributed by atoms with Crippen LogP contribution in [0.5, 0.6) is 0 Å². The Labute approximate surface area is 116 Å². The number of benzene rings is 1. The maximum Gasteiger partial charge on any atom is 0.193 e. The van der Waals surface area contributed by atoms with E-state index in [0.29, 0.717) is 23.2 Å². The molecular weight excluding hydrogens is 256 g/mol. The van der Waals surface area contributed by atoms with Crippen LogP contribution in [-0.4, -0.2) is 24.8 Å². The van der Waals surface area contributed by atoms with Gasteiger partial charge in [0.05, 0.1) is 5.92 Å². The Morgan fingerprint density at radius 1 is 1.30 bits per heavy atom. The topological polar surface area (TPSA) is 52.6 Å².